The number of carbonyl (C=O) groups is 1. The van der Waals surface area contributed by atoms with Crippen LogP contribution in [0.3, 0.4) is 0 Å². The molecule has 1 aliphatic rings. The van der Waals surface area contributed by atoms with Crippen molar-refractivity contribution in [3.8, 4) is 5.95 Å². The maximum absolute atomic E-state index is 14.3. The second-order valence-electron chi connectivity index (χ2n) is 5.75. The molecule has 0 spiro atoms. The van der Waals surface area contributed by atoms with Crippen LogP contribution >= 0.6 is 0 Å². The molecule has 126 valence electrons. The fraction of sp³-hybridized carbons (Fsp3) is 0.176. The van der Waals surface area contributed by atoms with Crippen molar-refractivity contribution in [3.05, 3.63) is 65.1 Å². The van der Waals surface area contributed by atoms with Crippen molar-refractivity contribution >= 4 is 11.7 Å². The highest BCUT2D eigenvalue weighted by Crippen LogP contribution is 2.41. The lowest BCUT2D eigenvalue weighted by Crippen LogP contribution is -2.26. The van der Waals surface area contributed by atoms with E-state index in [2.05, 4.69) is 20.4 Å². The van der Waals surface area contributed by atoms with E-state index in [0.717, 1.165) is 0 Å². The topological polar surface area (TPSA) is 72.7 Å². The lowest BCUT2D eigenvalue weighted by atomic mass is 9.85. The van der Waals surface area contributed by atoms with Crippen LogP contribution in [-0.4, -0.2) is 25.7 Å². The summed E-state index contributed by atoms with van der Waals surface area (Å²) in [6.07, 6.45) is 3.03. The number of benzene rings is 1. The molecule has 0 aliphatic carbocycles. The van der Waals surface area contributed by atoms with Crippen molar-refractivity contribution in [1.82, 2.24) is 19.7 Å². The summed E-state index contributed by atoms with van der Waals surface area (Å²) in [5.74, 6) is -1.88. The Morgan fingerprint density at radius 3 is 2.48 bits per heavy atom. The molecule has 6 nitrogen and oxygen atoms in total. The third kappa shape index (κ3) is 2.46. The molecule has 1 N–H and O–H groups in total. The van der Waals surface area contributed by atoms with Crippen LogP contribution in [0.25, 0.3) is 5.95 Å². The highest BCUT2D eigenvalue weighted by atomic mass is 19.1. The van der Waals surface area contributed by atoms with Crippen molar-refractivity contribution in [2.45, 2.75) is 19.3 Å². The first-order valence-corrected chi connectivity index (χ1v) is 7.67. The number of hydrogen-bond acceptors (Lipinski definition) is 4. The molecule has 25 heavy (non-hydrogen) atoms. The van der Waals surface area contributed by atoms with Crippen LogP contribution in [0, 0.1) is 18.6 Å². The van der Waals surface area contributed by atoms with Gasteiger partial charge in [0.15, 0.2) is 0 Å². The largest absolute Gasteiger partial charge is 0.310 e. The third-order valence-corrected chi connectivity index (χ3v) is 4.19. The Morgan fingerprint density at radius 1 is 1.12 bits per heavy atom. The maximum atomic E-state index is 14.3. The number of anilines is 1. The summed E-state index contributed by atoms with van der Waals surface area (Å²) in [6.45, 7) is 1.72. The molecule has 1 aliphatic heterocycles. The lowest BCUT2D eigenvalue weighted by Gasteiger charge is -2.24. The fourth-order valence-electron chi connectivity index (χ4n) is 3.18. The first kappa shape index (κ1) is 15.4. The number of aromatic nitrogens is 4. The molecular formula is C17H13F2N5O. The molecule has 1 atom stereocenters. The van der Waals surface area contributed by atoms with E-state index in [1.807, 2.05) is 0 Å². The van der Waals surface area contributed by atoms with Crippen LogP contribution in [0.1, 0.15) is 29.2 Å². The summed E-state index contributed by atoms with van der Waals surface area (Å²) in [6, 6.07) is 5.32. The monoisotopic (exact) mass is 341 g/mol. The molecule has 1 amide bonds. The van der Waals surface area contributed by atoms with E-state index in [-0.39, 0.29) is 23.8 Å². The second kappa shape index (κ2) is 5.73. The van der Waals surface area contributed by atoms with Gasteiger partial charge < -0.3 is 5.32 Å². The van der Waals surface area contributed by atoms with Gasteiger partial charge in [0, 0.05) is 35.9 Å². The van der Waals surface area contributed by atoms with Crippen LogP contribution in [0.2, 0.25) is 0 Å². The summed E-state index contributed by atoms with van der Waals surface area (Å²) in [7, 11) is 0. The average Bonchev–Trinajstić information content (AvgIpc) is 2.92. The highest BCUT2D eigenvalue weighted by Gasteiger charge is 2.35. The van der Waals surface area contributed by atoms with E-state index in [4.69, 9.17) is 0 Å². The lowest BCUT2D eigenvalue weighted by molar-refractivity contribution is -0.116. The molecule has 2 aromatic heterocycles. The molecular weight excluding hydrogens is 328 g/mol. The van der Waals surface area contributed by atoms with Crippen molar-refractivity contribution in [1.29, 1.82) is 0 Å². The predicted octanol–water partition coefficient (Wildman–Crippen LogP) is 2.72. The predicted molar refractivity (Wildman–Crippen MR) is 85.3 cm³/mol. The molecule has 1 aromatic carbocycles. The molecule has 3 heterocycles. The maximum Gasteiger partial charge on any atom is 0.252 e. The van der Waals surface area contributed by atoms with Crippen LogP contribution in [0.4, 0.5) is 14.6 Å². The average molecular weight is 341 g/mol. The zero-order chi connectivity index (χ0) is 17.6. The minimum Gasteiger partial charge on any atom is -0.310 e. The Balaban J connectivity index is 1.94. The minimum atomic E-state index is -0.762. The number of fused-ring (bicyclic) bond motifs is 1. The van der Waals surface area contributed by atoms with Gasteiger partial charge in [-0.1, -0.05) is 6.07 Å². The fourth-order valence-corrected chi connectivity index (χ4v) is 3.18. The summed E-state index contributed by atoms with van der Waals surface area (Å²) in [5.41, 5.74) is 0.987. The van der Waals surface area contributed by atoms with Gasteiger partial charge in [-0.05, 0) is 25.1 Å². The molecule has 3 aromatic rings. The number of amides is 1. The smallest absolute Gasteiger partial charge is 0.252 e. The number of aryl methyl sites for hydroxylation is 1. The molecule has 4 rings (SSSR count). The Hall–Kier alpha value is -3.16. The molecule has 0 bridgehead atoms. The van der Waals surface area contributed by atoms with Crippen LogP contribution in [-0.2, 0) is 4.79 Å². The van der Waals surface area contributed by atoms with Crippen LogP contribution in [0.15, 0.2) is 36.7 Å². The second-order valence-corrected chi connectivity index (χ2v) is 5.75. The number of carbonyl (C=O) groups excluding carboxylic acids is 1. The zero-order valence-corrected chi connectivity index (χ0v) is 13.2. The van der Waals surface area contributed by atoms with Gasteiger partial charge in [-0.2, -0.15) is 9.78 Å². The van der Waals surface area contributed by atoms with Gasteiger partial charge in [0.2, 0.25) is 5.91 Å². The number of hydrogen-bond donors (Lipinski definition) is 1. The third-order valence-electron chi connectivity index (χ3n) is 4.19. The van der Waals surface area contributed by atoms with E-state index < -0.39 is 17.6 Å². The normalized spacial score (nSPS) is 16.4. The SMILES string of the molecule is Cc1nn(-c2ncccn2)c2c1[C@@H](c1c(F)cccc1F)CC(=O)N2. The first-order chi connectivity index (χ1) is 12.1. The molecule has 0 saturated heterocycles. The first-order valence-electron chi connectivity index (χ1n) is 7.67. The van der Waals surface area contributed by atoms with Crippen LogP contribution in [0.5, 0.6) is 0 Å². The van der Waals surface area contributed by atoms with Crippen molar-refractivity contribution in [2.75, 3.05) is 5.32 Å². The Morgan fingerprint density at radius 2 is 1.80 bits per heavy atom. The Labute approximate surface area is 141 Å². The van der Waals surface area contributed by atoms with Crippen LogP contribution < -0.4 is 5.32 Å². The Bertz CT molecular complexity index is 950. The number of nitrogens with one attached hydrogen (secondary N) is 1. The summed E-state index contributed by atoms with van der Waals surface area (Å²) < 4.78 is 30.0. The number of halogens is 2. The standard InChI is InChI=1S/C17H13F2N5O/c1-9-14-10(15-11(18)4-2-5-12(15)19)8-13(25)22-16(14)24(23-9)17-20-6-3-7-21-17/h2-7,10H,8H2,1H3,(H,22,25)/t10-/m0/s1. The number of nitrogens with zero attached hydrogens (tertiary/aromatic N) is 4. The van der Waals surface area contributed by atoms with Crippen molar-refractivity contribution in [3.63, 3.8) is 0 Å². The summed E-state index contributed by atoms with van der Waals surface area (Å²) in [5, 5.41) is 7.09. The van der Waals surface area contributed by atoms with E-state index in [1.165, 1.54) is 22.9 Å². The summed E-state index contributed by atoms with van der Waals surface area (Å²) in [4.78, 5) is 20.4. The van der Waals surface area contributed by atoms with E-state index in [1.54, 1.807) is 25.4 Å². The molecule has 0 unspecified atom stereocenters. The minimum absolute atomic E-state index is 0.0625. The molecule has 8 heteroatoms. The summed E-state index contributed by atoms with van der Waals surface area (Å²) >= 11 is 0. The van der Waals surface area contributed by atoms with Gasteiger partial charge in [-0.25, -0.2) is 18.7 Å². The van der Waals surface area contributed by atoms with E-state index >= 15 is 0 Å². The Kier molecular flexibility index (Phi) is 3.52. The molecule has 0 fully saturated rings. The van der Waals surface area contributed by atoms with Gasteiger partial charge in [0.1, 0.15) is 17.5 Å². The van der Waals surface area contributed by atoms with Gasteiger partial charge in [-0.15, -0.1) is 0 Å². The van der Waals surface area contributed by atoms with Crippen molar-refractivity contribution < 1.29 is 13.6 Å². The zero-order valence-electron chi connectivity index (χ0n) is 13.2. The van der Waals surface area contributed by atoms with E-state index in [0.29, 0.717) is 17.1 Å². The van der Waals surface area contributed by atoms with Gasteiger partial charge >= 0.3 is 0 Å². The quantitative estimate of drug-likeness (QED) is 0.778. The van der Waals surface area contributed by atoms with Gasteiger partial charge in [-0.3, -0.25) is 4.79 Å². The van der Waals surface area contributed by atoms with Crippen molar-refractivity contribution in [2.24, 2.45) is 0 Å². The van der Waals surface area contributed by atoms with Gasteiger partial charge in [0.25, 0.3) is 5.95 Å². The molecule has 0 saturated carbocycles. The van der Waals surface area contributed by atoms with E-state index in [9.17, 15) is 13.6 Å². The highest BCUT2D eigenvalue weighted by molar-refractivity contribution is 5.95. The van der Waals surface area contributed by atoms with Gasteiger partial charge in [0.05, 0.1) is 5.69 Å². The molecule has 0 radical (unpaired) electrons. The number of rotatable bonds is 2.